The Morgan fingerprint density at radius 1 is 0.288 bits per heavy atom. The minimum atomic E-state index is -1.51. The highest BCUT2D eigenvalue weighted by Gasteiger charge is 2.29. The molecule has 2 nitrogen and oxygen atoms in total. The van der Waals surface area contributed by atoms with Gasteiger partial charge in [-0.2, -0.15) is 0 Å². The average molecular weight is 683 g/mol. The van der Waals surface area contributed by atoms with Crippen LogP contribution in [-0.4, -0.2) is 8.80 Å². The lowest BCUT2D eigenvalue weighted by atomic mass is 10.0. The predicted octanol–water partition coefficient (Wildman–Crippen LogP) is 11.9. The van der Waals surface area contributed by atoms with Crippen molar-refractivity contribution < 1.29 is 0 Å². The van der Waals surface area contributed by atoms with Crippen LogP contribution < -0.4 is 20.2 Å². The maximum absolute atomic E-state index is 2.49. The molecule has 1 aliphatic rings. The summed E-state index contributed by atoms with van der Waals surface area (Å²) in [7, 11) is -1.51. The molecule has 8 aromatic rings. The van der Waals surface area contributed by atoms with Gasteiger partial charge in [0.1, 0.15) is 8.80 Å². The van der Waals surface area contributed by atoms with Crippen molar-refractivity contribution in [2.45, 2.75) is 6.55 Å². The van der Waals surface area contributed by atoms with E-state index in [1.807, 2.05) is 0 Å². The van der Waals surface area contributed by atoms with E-state index in [1.165, 1.54) is 55.1 Å². The Labute approximate surface area is 308 Å². The summed E-state index contributed by atoms with van der Waals surface area (Å²) in [4.78, 5) is 4.78. The third kappa shape index (κ3) is 5.91. The van der Waals surface area contributed by atoms with Gasteiger partial charge in [0, 0.05) is 34.1 Å². The van der Waals surface area contributed by atoms with Crippen LogP contribution in [0.15, 0.2) is 206 Å². The molecule has 0 aromatic heterocycles. The Hall–Kier alpha value is -6.42. The second-order valence-corrected chi connectivity index (χ2v) is 16.1. The normalized spacial score (nSPS) is 11.9. The zero-order valence-corrected chi connectivity index (χ0v) is 30.3. The second-order valence-electron chi connectivity index (χ2n) is 13.4. The molecule has 8 aromatic carbocycles. The number of hydrogen-bond donors (Lipinski definition) is 0. The Balaban J connectivity index is 1.07. The van der Waals surface area contributed by atoms with Gasteiger partial charge in [-0.1, -0.05) is 140 Å². The first-order chi connectivity index (χ1) is 25.7. The van der Waals surface area contributed by atoms with Crippen molar-refractivity contribution in [2.24, 2.45) is 0 Å². The zero-order chi connectivity index (χ0) is 34.9. The minimum absolute atomic E-state index is 1.15. The summed E-state index contributed by atoms with van der Waals surface area (Å²) < 4.78 is 0. The number of para-hydroxylation sites is 2. The number of benzene rings is 8. The van der Waals surface area contributed by atoms with E-state index in [0.717, 1.165) is 22.7 Å². The topological polar surface area (TPSA) is 6.48 Å². The van der Waals surface area contributed by atoms with Crippen LogP contribution in [0.5, 0.6) is 0 Å². The summed E-state index contributed by atoms with van der Waals surface area (Å²) in [6.45, 7) is 2.49. The van der Waals surface area contributed by atoms with E-state index in [9.17, 15) is 0 Å². The molecule has 0 atom stereocenters. The lowest BCUT2D eigenvalue weighted by molar-refractivity contribution is 1.29. The summed E-state index contributed by atoms with van der Waals surface area (Å²) in [5, 5.41) is 2.98. The monoisotopic (exact) mass is 682 g/mol. The summed E-state index contributed by atoms with van der Waals surface area (Å²) in [6, 6.07) is 74.8. The maximum Gasteiger partial charge on any atom is 0.101 e. The Bertz CT molecular complexity index is 2270. The predicted molar refractivity (Wildman–Crippen MR) is 224 cm³/mol. The van der Waals surface area contributed by atoms with Crippen molar-refractivity contribution >= 4 is 53.3 Å². The molecule has 0 fully saturated rings. The van der Waals surface area contributed by atoms with E-state index in [0.29, 0.717) is 0 Å². The van der Waals surface area contributed by atoms with E-state index in [4.69, 9.17) is 0 Å². The molecule has 248 valence electrons. The lowest BCUT2D eigenvalue weighted by Gasteiger charge is -2.26. The van der Waals surface area contributed by atoms with Gasteiger partial charge in [0.15, 0.2) is 0 Å². The molecule has 1 heterocycles. The molecule has 0 spiro atoms. The summed E-state index contributed by atoms with van der Waals surface area (Å²) in [5.74, 6) is 0. The fourth-order valence-electron chi connectivity index (χ4n) is 7.67. The van der Waals surface area contributed by atoms with Crippen LogP contribution in [0.1, 0.15) is 0 Å². The Morgan fingerprint density at radius 3 is 0.942 bits per heavy atom. The fraction of sp³-hybridized carbons (Fsp3) is 0.0204. The van der Waals surface area contributed by atoms with Gasteiger partial charge in [0.05, 0.1) is 0 Å². The highest BCUT2D eigenvalue weighted by atomic mass is 28.3. The molecule has 0 aliphatic carbocycles. The number of hydrogen-bond acceptors (Lipinski definition) is 2. The van der Waals surface area contributed by atoms with Crippen LogP contribution in [0, 0.1) is 0 Å². The fourth-order valence-corrected chi connectivity index (χ4v) is 10.3. The molecule has 52 heavy (non-hydrogen) atoms. The zero-order valence-electron chi connectivity index (χ0n) is 29.1. The van der Waals surface area contributed by atoms with E-state index >= 15 is 0 Å². The third-order valence-corrected chi connectivity index (χ3v) is 13.1. The van der Waals surface area contributed by atoms with Crippen molar-refractivity contribution in [3.8, 4) is 33.4 Å². The van der Waals surface area contributed by atoms with Crippen molar-refractivity contribution in [1.29, 1.82) is 0 Å². The van der Waals surface area contributed by atoms with E-state index in [1.54, 1.807) is 0 Å². The Kier molecular flexibility index (Phi) is 8.32. The number of anilines is 6. The van der Waals surface area contributed by atoms with Crippen molar-refractivity contribution in [1.82, 2.24) is 0 Å². The van der Waals surface area contributed by atoms with Crippen LogP contribution in [0.4, 0.5) is 34.1 Å². The molecule has 0 saturated carbocycles. The molecule has 0 unspecified atom stereocenters. The Morgan fingerprint density at radius 2 is 0.577 bits per heavy atom. The van der Waals surface area contributed by atoms with Crippen molar-refractivity contribution in [2.75, 3.05) is 9.80 Å². The quantitative estimate of drug-likeness (QED) is 0.147. The molecule has 0 N–H and O–H groups in total. The first kappa shape index (κ1) is 31.6. The van der Waals surface area contributed by atoms with Crippen LogP contribution in [0.2, 0.25) is 6.55 Å². The summed E-state index contributed by atoms with van der Waals surface area (Å²) >= 11 is 0. The van der Waals surface area contributed by atoms with Gasteiger partial charge >= 0.3 is 0 Å². The van der Waals surface area contributed by atoms with Gasteiger partial charge in [0.25, 0.3) is 0 Å². The molecule has 0 saturated heterocycles. The molecule has 0 radical (unpaired) electrons. The third-order valence-electron chi connectivity index (χ3n) is 10.3. The number of rotatable bonds is 8. The summed E-state index contributed by atoms with van der Waals surface area (Å²) in [5.41, 5.74) is 14.6. The van der Waals surface area contributed by atoms with Gasteiger partial charge in [0.2, 0.25) is 0 Å². The van der Waals surface area contributed by atoms with Crippen LogP contribution in [0.3, 0.4) is 0 Å². The highest BCUT2D eigenvalue weighted by molar-refractivity contribution is 6.88. The molecule has 9 rings (SSSR count). The molecule has 1 aliphatic heterocycles. The van der Waals surface area contributed by atoms with Gasteiger partial charge in [-0.15, -0.1) is 0 Å². The number of nitrogens with zero attached hydrogens (tertiary/aromatic N) is 2. The standard InChI is InChI=1S/C49H38N2Si/c1-52-48-34-44(50(40-18-10-4-11-19-40)42-26-22-38(23-27-42)36-14-6-2-7-15-36)30-32-46(48)47-33-31-45(35-49(47)52)51(41-20-12-5-13-21-41)43-28-24-39(25-29-43)37-16-8-3-9-17-37/h2-35,52H,1H3. The molecule has 0 bridgehead atoms. The van der Waals surface area contributed by atoms with E-state index in [-0.39, 0.29) is 0 Å². The molecule has 0 amide bonds. The number of fused-ring (bicyclic) bond motifs is 3. The van der Waals surface area contributed by atoms with E-state index in [2.05, 4.69) is 223 Å². The van der Waals surface area contributed by atoms with Crippen LogP contribution in [0.25, 0.3) is 33.4 Å². The molecular formula is C49H38N2Si. The smallest absolute Gasteiger partial charge is 0.101 e. The van der Waals surface area contributed by atoms with Gasteiger partial charge < -0.3 is 9.80 Å². The van der Waals surface area contributed by atoms with Crippen molar-refractivity contribution in [3.63, 3.8) is 0 Å². The maximum atomic E-state index is 2.49. The van der Waals surface area contributed by atoms with Gasteiger partial charge in [-0.05, 0) is 117 Å². The van der Waals surface area contributed by atoms with Gasteiger partial charge in [-0.3, -0.25) is 0 Å². The molecular weight excluding hydrogens is 645 g/mol. The van der Waals surface area contributed by atoms with Crippen LogP contribution in [-0.2, 0) is 0 Å². The second kappa shape index (κ2) is 13.7. The average Bonchev–Trinajstić information content (AvgIpc) is 3.50. The van der Waals surface area contributed by atoms with Crippen LogP contribution >= 0.6 is 0 Å². The highest BCUT2D eigenvalue weighted by Crippen LogP contribution is 2.39. The van der Waals surface area contributed by atoms with Crippen molar-refractivity contribution in [3.05, 3.63) is 206 Å². The van der Waals surface area contributed by atoms with Gasteiger partial charge in [-0.25, -0.2) is 0 Å². The largest absolute Gasteiger partial charge is 0.311 e. The first-order valence-electron chi connectivity index (χ1n) is 18.0. The molecule has 3 heteroatoms. The SMILES string of the molecule is C[SiH]1c2cc(N(c3ccccc3)c3ccc(-c4ccccc4)cc3)ccc2-c2ccc(N(c3ccccc3)c3ccc(-c4ccccc4)cc3)cc21. The lowest BCUT2D eigenvalue weighted by Crippen LogP contribution is -2.35. The summed E-state index contributed by atoms with van der Waals surface area (Å²) in [6.07, 6.45) is 0. The van der Waals surface area contributed by atoms with E-state index < -0.39 is 8.80 Å². The first-order valence-corrected chi connectivity index (χ1v) is 20.3. The minimum Gasteiger partial charge on any atom is -0.311 e.